The van der Waals surface area contributed by atoms with E-state index in [4.69, 9.17) is 16.7 Å². The fourth-order valence-electron chi connectivity index (χ4n) is 1.76. The second-order valence-corrected chi connectivity index (χ2v) is 5.51. The molecule has 0 bridgehead atoms. The largest absolute Gasteiger partial charge is 0.481 e. The van der Waals surface area contributed by atoms with Gasteiger partial charge >= 0.3 is 5.97 Å². The quantitative estimate of drug-likeness (QED) is 0.885. The summed E-state index contributed by atoms with van der Waals surface area (Å²) in [4.78, 5) is 27.1. The van der Waals surface area contributed by atoms with E-state index in [-0.39, 0.29) is 12.3 Å². The summed E-state index contributed by atoms with van der Waals surface area (Å²) in [5, 5.41) is 14.3. The van der Waals surface area contributed by atoms with Crippen LogP contribution >= 0.6 is 22.9 Å². The van der Waals surface area contributed by atoms with E-state index in [1.165, 1.54) is 17.4 Å². The van der Waals surface area contributed by atoms with Crippen LogP contribution in [0, 0.1) is 0 Å². The third kappa shape index (κ3) is 3.37. The lowest BCUT2D eigenvalue weighted by Gasteiger charge is -2.14. The Morgan fingerprint density at radius 2 is 2.35 bits per heavy atom. The summed E-state index contributed by atoms with van der Waals surface area (Å²) in [5.41, 5.74) is 0.363. The first-order valence-corrected chi connectivity index (χ1v) is 6.97. The lowest BCUT2D eigenvalue weighted by atomic mass is 10.2. The smallest absolute Gasteiger partial charge is 0.305 e. The standard InChI is InChI=1S/C12H12ClN3O3S/c1-16-6-7(13)4-9(16)11(19)15-8(5-10(17)18)12-14-2-3-20-12/h2-4,6,8H,5H2,1H3,(H,15,19)(H,17,18). The third-order valence-corrected chi connectivity index (χ3v) is 3.73. The van der Waals surface area contributed by atoms with Gasteiger partial charge in [0.25, 0.3) is 5.91 Å². The Bertz CT molecular complexity index is 624. The van der Waals surface area contributed by atoms with Crippen molar-refractivity contribution in [2.45, 2.75) is 12.5 Å². The number of hydrogen-bond donors (Lipinski definition) is 2. The van der Waals surface area contributed by atoms with E-state index in [1.54, 1.807) is 29.4 Å². The molecule has 0 fully saturated rings. The van der Waals surface area contributed by atoms with E-state index < -0.39 is 12.0 Å². The minimum absolute atomic E-state index is 0.225. The van der Waals surface area contributed by atoms with Crippen molar-refractivity contribution in [2.24, 2.45) is 7.05 Å². The van der Waals surface area contributed by atoms with Crippen LogP contribution < -0.4 is 5.32 Å². The molecule has 0 saturated carbocycles. The number of carbonyl (C=O) groups is 2. The summed E-state index contributed by atoms with van der Waals surface area (Å²) in [6.45, 7) is 0. The van der Waals surface area contributed by atoms with Crippen molar-refractivity contribution < 1.29 is 14.7 Å². The number of aliphatic carboxylic acids is 1. The number of nitrogens with zero attached hydrogens (tertiary/aromatic N) is 2. The van der Waals surface area contributed by atoms with Crippen LogP contribution in [-0.2, 0) is 11.8 Å². The van der Waals surface area contributed by atoms with E-state index in [9.17, 15) is 9.59 Å². The highest BCUT2D eigenvalue weighted by Gasteiger charge is 2.22. The molecule has 0 aliphatic rings. The maximum absolute atomic E-state index is 12.2. The van der Waals surface area contributed by atoms with Gasteiger partial charge in [0.2, 0.25) is 0 Å². The Labute approximate surface area is 124 Å². The van der Waals surface area contributed by atoms with Crippen LogP contribution in [0.5, 0.6) is 0 Å². The van der Waals surface area contributed by atoms with E-state index in [0.29, 0.717) is 15.7 Å². The number of hydrogen-bond acceptors (Lipinski definition) is 4. The molecule has 0 spiro atoms. The van der Waals surface area contributed by atoms with Crippen molar-refractivity contribution in [2.75, 3.05) is 0 Å². The number of aryl methyl sites for hydroxylation is 1. The molecule has 2 heterocycles. The monoisotopic (exact) mass is 313 g/mol. The van der Waals surface area contributed by atoms with Gasteiger partial charge in [0.15, 0.2) is 0 Å². The summed E-state index contributed by atoms with van der Waals surface area (Å²) in [6, 6.07) is 0.866. The number of rotatable bonds is 5. The fourth-order valence-corrected chi connectivity index (χ4v) is 2.70. The van der Waals surface area contributed by atoms with Gasteiger partial charge in [-0.15, -0.1) is 11.3 Å². The molecule has 2 N–H and O–H groups in total. The second-order valence-electron chi connectivity index (χ2n) is 4.15. The van der Waals surface area contributed by atoms with Crippen molar-refractivity contribution in [1.82, 2.24) is 14.9 Å². The van der Waals surface area contributed by atoms with Crippen molar-refractivity contribution in [1.29, 1.82) is 0 Å². The molecule has 0 aromatic carbocycles. The van der Waals surface area contributed by atoms with Gasteiger partial charge in [-0.05, 0) is 6.07 Å². The zero-order valence-corrected chi connectivity index (χ0v) is 12.1. The van der Waals surface area contributed by atoms with Crippen LogP contribution in [-0.4, -0.2) is 26.5 Å². The Balaban J connectivity index is 2.17. The van der Waals surface area contributed by atoms with Crippen LogP contribution in [0.25, 0.3) is 0 Å². The first-order valence-electron chi connectivity index (χ1n) is 5.71. The molecule has 2 aromatic rings. The van der Waals surface area contributed by atoms with Crippen molar-refractivity contribution in [3.63, 3.8) is 0 Å². The SMILES string of the molecule is Cn1cc(Cl)cc1C(=O)NC(CC(=O)O)c1nccs1. The van der Waals surface area contributed by atoms with Gasteiger partial charge in [-0.2, -0.15) is 0 Å². The molecule has 20 heavy (non-hydrogen) atoms. The van der Waals surface area contributed by atoms with Crippen LogP contribution in [0.15, 0.2) is 23.8 Å². The van der Waals surface area contributed by atoms with Crippen molar-refractivity contribution in [3.8, 4) is 0 Å². The molecule has 1 amide bonds. The number of carbonyl (C=O) groups excluding carboxylic acids is 1. The molecule has 1 atom stereocenters. The van der Waals surface area contributed by atoms with Gasteiger partial charge in [-0.25, -0.2) is 4.98 Å². The number of nitrogens with one attached hydrogen (secondary N) is 1. The second kappa shape index (κ2) is 6.06. The first-order chi connectivity index (χ1) is 9.47. The van der Waals surface area contributed by atoms with Crippen LogP contribution in [0.1, 0.15) is 28.0 Å². The molecule has 1 unspecified atom stereocenters. The van der Waals surface area contributed by atoms with Gasteiger partial charge in [-0.3, -0.25) is 9.59 Å². The number of thiazole rings is 1. The van der Waals surface area contributed by atoms with Gasteiger partial charge in [0, 0.05) is 24.8 Å². The highest BCUT2D eigenvalue weighted by atomic mass is 35.5. The summed E-state index contributed by atoms with van der Waals surface area (Å²) < 4.78 is 1.58. The maximum atomic E-state index is 12.2. The molecule has 106 valence electrons. The summed E-state index contributed by atoms with van der Waals surface area (Å²) in [6.07, 6.45) is 2.95. The topological polar surface area (TPSA) is 84.2 Å². The molecule has 2 rings (SSSR count). The summed E-state index contributed by atoms with van der Waals surface area (Å²) in [5.74, 6) is -1.39. The van der Waals surface area contributed by atoms with Gasteiger partial charge < -0.3 is 15.0 Å². The number of amides is 1. The minimum atomic E-state index is -1.00. The lowest BCUT2D eigenvalue weighted by molar-refractivity contribution is -0.137. The molecule has 0 saturated heterocycles. The Hall–Kier alpha value is -1.86. The van der Waals surface area contributed by atoms with Crippen molar-refractivity contribution >= 4 is 34.8 Å². The minimum Gasteiger partial charge on any atom is -0.481 e. The Morgan fingerprint density at radius 1 is 1.60 bits per heavy atom. The molecule has 8 heteroatoms. The van der Waals surface area contributed by atoms with Crippen LogP contribution in [0.4, 0.5) is 0 Å². The van der Waals surface area contributed by atoms with E-state index in [0.717, 1.165) is 0 Å². The number of carboxylic acids is 1. The highest BCUT2D eigenvalue weighted by molar-refractivity contribution is 7.09. The molecule has 2 aromatic heterocycles. The molecular weight excluding hydrogens is 302 g/mol. The molecule has 0 aliphatic carbocycles. The van der Waals surface area contributed by atoms with Gasteiger partial charge in [-0.1, -0.05) is 11.6 Å². The zero-order chi connectivity index (χ0) is 14.7. The van der Waals surface area contributed by atoms with E-state index in [2.05, 4.69) is 10.3 Å². The average molecular weight is 314 g/mol. The van der Waals surface area contributed by atoms with Gasteiger partial charge in [0.1, 0.15) is 10.7 Å². The maximum Gasteiger partial charge on any atom is 0.305 e. The molecule has 6 nitrogen and oxygen atoms in total. The Morgan fingerprint density at radius 3 is 2.85 bits per heavy atom. The molecule has 0 radical (unpaired) electrons. The first kappa shape index (κ1) is 14.5. The molecular formula is C12H12ClN3O3S. The van der Waals surface area contributed by atoms with Gasteiger partial charge in [0.05, 0.1) is 17.5 Å². The average Bonchev–Trinajstić information content (AvgIpc) is 2.97. The van der Waals surface area contributed by atoms with E-state index in [1.807, 2.05) is 0 Å². The predicted octanol–water partition coefficient (Wildman–Crippen LogP) is 2.08. The lowest BCUT2D eigenvalue weighted by Crippen LogP contribution is -2.31. The third-order valence-electron chi connectivity index (χ3n) is 2.64. The predicted molar refractivity (Wildman–Crippen MR) is 75.0 cm³/mol. The normalized spacial score (nSPS) is 12.1. The van der Waals surface area contributed by atoms with Crippen LogP contribution in [0.3, 0.4) is 0 Å². The van der Waals surface area contributed by atoms with Crippen LogP contribution in [0.2, 0.25) is 5.02 Å². The summed E-state index contributed by atoms with van der Waals surface area (Å²) >= 11 is 7.12. The van der Waals surface area contributed by atoms with Crippen molar-refractivity contribution in [3.05, 3.63) is 39.6 Å². The number of halogens is 1. The Kier molecular flexibility index (Phi) is 4.41. The summed E-state index contributed by atoms with van der Waals surface area (Å²) in [7, 11) is 1.69. The fraction of sp³-hybridized carbons (Fsp3) is 0.250. The zero-order valence-electron chi connectivity index (χ0n) is 10.5. The number of carboxylic acid groups (broad SMARTS) is 1. The number of aromatic nitrogens is 2. The molecule has 0 aliphatic heterocycles. The van der Waals surface area contributed by atoms with E-state index >= 15 is 0 Å². The highest BCUT2D eigenvalue weighted by Crippen LogP contribution is 2.20.